The predicted molar refractivity (Wildman–Crippen MR) is 166 cm³/mol. The number of hydrogen-bond donors (Lipinski definition) is 0. The number of fused-ring (bicyclic) bond motifs is 2. The molecule has 0 saturated heterocycles. The minimum absolute atomic E-state index is 0.114. The number of benzene rings is 3. The van der Waals surface area contributed by atoms with Gasteiger partial charge in [-0.15, -0.1) is 13.2 Å². The van der Waals surface area contributed by atoms with Gasteiger partial charge in [-0.1, -0.05) is 24.3 Å². The minimum atomic E-state index is -5.29. The molecule has 2 aliphatic rings. The molecule has 0 fully saturated rings. The highest BCUT2D eigenvalue weighted by molar-refractivity contribution is 6.29. The first kappa shape index (κ1) is 33.4. The number of alkyl halides is 3. The molecule has 0 aromatic heterocycles. The minimum Gasteiger partial charge on any atom is -0.404 e. The van der Waals surface area contributed by atoms with Gasteiger partial charge in [0, 0.05) is 27.8 Å². The number of aryl methyl sites for hydroxylation is 1. The maximum Gasteiger partial charge on any atom is 0.573 e. The summed E-state index contributed by atoms with van der Waals surface area (Å²) < 4.78 is 78.0. The van der Waals surface area contributed by atoms with Crippen molar-refractivity contribution in [1.29, 1.82) is 21.0 Å². The Bertz CT molecular complexity index is 2590. The Hall–Kier alpha value is -8.01. The SMILES string of the molecule is [C-]#[N+]C1=C(c2ccc([N+]#[C-])c(C)c2)/C(=C(/C#N)[N+]#[C-])c2c(F)c3c(c(F)c21)C(C#N)=C(c1ccc(C#N)c(OC(F)(F)F)c1)/C3=C(\C#N)[N+]#[C-]. The predicted octanol–water partition coefficient (Wildman–Crippen LogP) is 9.15. The molecule has 0 N–H and O–H groups in total. The second kappa shape index (κ2) is 12.3. The fourth-order valence-electron chi connectivity index (χ4n) is 5.82. The van der Waals surface area contributed by atoms with Crippen LogP contribution in [0, 0.1) is 90.2 Å². The van der Waals surface area contributed by atoms with E-state index >= 15 is 8.78 Å². The van der Waals surface area contributed by atoms with E-state index in [2.05, 4.69) is 24.1 Å². The third kappa shape index (κ3) is 4.94. The summed E-state index contributed by atoms with van der Waals surface area (Å²) in [6, 6.07) is 13.0. The van der Waals surface area contributed by atoms with Crippen LogP contribution < -0.4 is 4.74 Å². The van der Waals surface area contributed by atoms with Gasteiger partial charge in [0.1, 0.15) is 29.5 Å². The van der Waals surface area contributed by atoms with Gasteiger partial charge in [-0.3, -0.25) is 0 Å². The maximum absolute atomic E-state index is 17.3. The first-order chi connectivity index (χ1) is 23.8. The second-order valence-electron chi connectivity index (χ2n) is 10.2. The van der Waals surface area contributed by atoms with Crippen LogP contribution >= 0.6 is 0 Å². The summed E-state index contributed by atoms with van der Waals surface area (Å²) in [5.41, 5.74) is -8.47. The van der Waals surface area contributed by atoms with Crippen molar-refractivity contribution in [3.05, 3.63) is 150 Å². The topological polar surface area (TPSA) is 122 Å². The maximum atomic E-state index is 17.3. The number of ether oxygens (including phenoxy) is 1. The zero-order valence-corrected chi connectivity index (χ0v) is 24.8. The molecule has 0 unspecified atom stereocenters. The van der Waals surface area contributed by atoms with Crippen LogP contribution in [0.2, 0.25) is 0 Å². The monoisotopic (exact) mass is 664 g/mol. The van der Waals surface area contributed by atoms with Gasteiger partial charge in [0.15, 0.2) is 5.69 Å². The fraction of sp³-hybridized carbons (Fsp3) is 0.0556. The van der Waals surface area contributed by atoms with Crippen LogP contribution in [0.4, 0.5) is 27.6 Å². The lowest BCUT2D eigenvalue weighted by molar-refractivity contribution is -0.274. The fourth-order valence-corrected chi connectivity index (χ4v) is 5.82. The molecule has 0 atom stereocenters. The number of hydrogen-bond acceptors (Lipinski definition) is 5. The van der Waals surface area contributed by atoms with Crippen molar-refractivity contribution >= 4 is 39.2 Å². The summed E-state index contributed by atoms with van der Waals surface area (Å²) in [6.07, 6.45) is -5.29. The quantitative estimate of drug-likeness (QED) is 0.157. The summed E-state index contributed by atoms with van der Waals surface area (Å²) in [5.74, 6) is -3.91. The van der Waals surface area contributed by atoms with Crippen molar-refractivity contribution in [3.63, 3.8) is 0 Å². The zero-order chi connectivity index (χ0) is 36.7. The normalized spacial score (nSPS) is 14.8. The average Bonchev–Trinajstić information content (AvgIpc) is 3.62. The largest absolute Gasteiger partial charge is 0.573 e. The van der Waals surface area contributed by atoms with E-state index in [1.165, 1.54) is 30.3 Å². The Morgan fingerprint density at radius 1 is 0.720 bits per heavy atom. The van der Waals surface area contributed by atoms with Crippen molar-refractivity contribution in [1.82, 2.24) is 0 Å². The van der Waals surface area contributed by atoms with Gasteiger partial charge in [0.25, 0.3) is 11.4 Å². The van der Waals surface area contributed by atoms with Crippen LogP contribution in [0.15, 0.2) is 47.8 Å². The standard InChI is InChI=1S/C36H9F5N8O/c1-16-10-17(8-9-21(16)46-2)26-29(23(15-45)48-4)31-32(35(26)49-5)33(37)27-20(13-43)25(28(22(14-44)47-3)30(27)34(31)38)18-6-7-19(12-42)24(11-18)50-36(39,40)41/h6-11H,1H3/b28-22-,29-23+. The summed E-state index contributed by atoms with van der Waals surface area (Å²) >= 11 is 0. The van der Waals surface area contributed by atoms with Crippen molar-refractivity contribution in [2.24, 2.45) is 0 Å². The molecule has 2 aliphatic carbocycles. The molecule has 0 saturated carbocycles. The summed E-state index contributed by atoms with van der Waals surface area (Å²) in [6.45, 7) is 32.1. The lowest BCUT2D eigenvalue weighted by Crippen LogP contribution is -2.18. The number of halogens is 5. The van der Waals surface area contributed by atoms with Gasteiger partial charge >= 0.3 is 6.36 Å². The first-order valence-electron chi connectivity index (χ1n) is 13.5. The molecule has 234 valence electrons. The Labute approximate surface area is 279 Å². The van der Waals surface area contributed by atoms with Crippen LogP contribution in [0.3, 0.4) is 0 Å². The molecular weight excluding hydrogens is 655 g/mol. The summed E-state index contributed by atoms with van der Waals surface area (Å²) in [4.78, 5) is 13.1. The molecule has 0 bridgehead atoms. The number of nitriles is 4. The van der Waals surface area contributed by atoms with Crippen LogP contribution in [0.5, 0.6) is 5.75 Å². The van der Waals surface area contributed by atoms with E-state index in [9.17, 15) is 34.2 Å². The highest BCUT2D eigenvalue weighted by atomic mass is 19.4. The Kier molecular flexibility index (Phi) is 8.21. The van der Waals surface area contributed by atoms with Crippen LogP contribution in [-0.2, 0) is 0 Å². The first-order valence-corrected chi connectivity index (χ1v) is 13.5. The molecule has 0 aliphatic heterocycles. The van der Waals surface area contributed by atoms with Crippen LogP contribution in [-0.4, -0.2) is 6.36 Å². The number of nitrogens with zero attached hydrogens (tertiary/aromatic N) is 8. The molecule has 0 heterocycles. The summed E-state index contributed by atoms with van der Waals surface area (Å²) in [7, 11) is 0. The van der Waals surface area contributed by atoms with Gasteiger partial charge in [-0.25, -0.2) is 38.7 Å². The zero-order valence-electron chi connectivity index (χ0n) is 24.8. The lowest BCUT2D eigenvalue weighted by Gasteiger charge is -2.16. The highest BCUT2D eigenvalue weighted by Crippen LogP contribution is 2.58. The van der Waals surface area contributed by atoms with Gasteiger partial charge in [0.2, 0.25) is 5.70 Å². The smallest absolute Gasteiger partial charge is 0.404 e. The molecule has 3 aromatic carbocycles. The summed E-state index contributed by atoms with van der Waals surface area (Å²) in [5, 5.41) is 39.5. The number of rotatable bonds is 3. The second-order valence-corrected chi connectivity index (χ2v) is 10.2. The average molecular weight is 665 g/mol. The van der Waals surface area contributed by atoms with E-state index in [0.29, 0.717) is 11.6 Å². The van der Waals surface area contributed by atoms with Gasteiger partial charge in [-0.05, 0) is 52.5 Å². The number of allylic oxidation sites excluding steroid dienone is 7. The van der Waals surface area contributed by atoms with E-state index < -0.39 is 96.5 Å². The van der Waals surface area contributed by atoms with E-state index in [0.717, 1.165) is 12.1 Å². The Morgan fingerprint density at radius 3 is 1.78 bits per heavy atom. The highest BCUT2D eigenvalue weighted by Gasteiger charge is 2.44. The third-order valence-electron chi connectivity index (χ3n) is 7.71. The van der Waals surface area contributed by atoms with Crippen molar-refractivity contribution in [3.8, 4) is 30.0 Å². The van der Waals surface area contributed by atoms with E-state index in [-0.39, 0.29) is 16.8 Å². The molecule has 9 nitrogen and oxygen atoms in total. The van der Waals surface area contributed by atoms with Gasteiger partial charge in [0.05, 0.1) is 49.6 Å². The molecular formula is C36H9F5N8O. The van der Waals surface area contributed by atoms with Crippen molar-refractivity contribution in [2.75, 3.05) is 0 Å². The molecule has 0 amide bonds. The molecule has 5 rings (SSSR count). The third-order valence-corrected chi connectivity index (χ3v) is 7.71. The lowest BCUT2D eigenvalue weighted by atomic mass is 9.89. The van der Waals surface area contributed by atoms with E-state index in [4.69, 9.17) is 26.3 Å². The van der Waals surface area contributed by atoms with E-state index in [1.807, 2.05) is 0 Å². The van der Waals surface area contributed by atoms with Crippen LogP contribution in [0.25, 0.3) is 52.9 Å². The van der Waals surface area contributed by atoms with Crippen molar-refractivity contribution < 1.29 is 26.7 Å². The molecule has 0 spiro atoms. The van der Waals surface area contributed by atoms with Crippen LogP contribution in [0.1, 0.15) is 44.5 Å². The van der Waals surface area contributed by atoms with Gasteiger partial charge < -0.3 is 4.74 Å². The molecule has 3 aromatic rings. The van der Waals surface area contributed by atoms with E-state index in [1.54, 1.807) is 19.1 Å². The van der Waals surface area contributed by atoms with Gasteiger partial charge in [-0.2, -0.15) is 10.5 Å². The Morgan fingerprint density at radius 2 is 1.28 bits per heavy atom. The molecule has 0 radical (unpaired) electrons. The molecule has 14 heteroatoms. The Balaban J connectivity index is 1.99. The van der Waals surface area contributed by atoms with Crippen molar-refractivity contribution in [2.45, 2.75) is 13.3 Å². The molecule has 50 heavy (non-hydrogen) atoms.